The van der Waals surface area contributed by atoms with Gasteiger partial charge >= 0.3 is 12.0 Å². The summed E-state index contributed by atoms with van der Waals surface area (Å²) in [6.07, 6.45) is 1.50. The van der Waals surface area contributed by atoms with Gasteiger partial charge in [0.15, 0.2) is 0 Å². The van der Waals surface area contributed by atoms with Crippen molar-refractivity contribution in [2.45, 2.75) is 25.8 Å². The van der Waals surface area contributed by atoms with Crippen LogP contribution in [0.4, 0.5) is 10.5 Å². The Bertz CT molecular complexity index is 906. The van der Waals surface area contributed by atoms with Crippen LogP contribution in [0.1, 0.15) is 40.6 Å². The molecule has 0 unspecified atom stereocenters. The standard InChI is InChI=1S/C18H20ClN5O4S/c1-2-28-14(25)10-20-18(27)24-8-4-7-13(24)16-22-23-17(29-16)15(26)21-12-6-3-5-11(19)9-12/h3,5-6,9,13H,2,4,7-8,10H2,1H3,(H,20,27)(H,21,26)/t13-/m0/s1. The second-order valence-corrected chi connectivity index (χ2v) is 7.67. The number of nitrogens with one attached hydrogen (secondary N) is 2. The lowest BCUT2D eigenvalue weighted by molar-refractivity contribution is -0.141. The lowest BCUT2D eigenvalue weighted by Gasteiger charge is -2.22. The Balaban J connectivity index is 1.63. The fourth-order valence-corrected chi connectivity index (χ4v) is 4.02. The molecule has 0 bridgehead atoms. The smallest absolute Gasteiger partial charge is 0.325 e. The highest BCUT2D eigenvalue weighted by Gasteiger charge is 2.33. The number of halogens is 1. The molecule has 29 heavy (non-hydrogen) atoms. The lowest BCUT2D eigenvalue weighted by atomic mass is 10.2. The third-order valence-corrected chi connectivity index (χ3v) is 5.46. The molecule has 2 heterocycles. The van der Waals surface area contributed by atoms with Crippen LogP contribution in [0, 0.1) is 0 Å². The van der Waals surface area contributed by atoms with Gasteiger partial charge in [-0.05, 0) is 38.0 Å². The molecule has 3 rings (SSSR count). The predicted octanol–water partition coefficient (Wildman–Crippen LogP) is 2.85. The number of carbonyl (C=O) groups is 3. The van der Waals surface area contributed by atoms with E-state index in [0.29, 0.717) is 28.7 Å². The van der Waals surface area contributed by atoms with E-state index in [2.05, 4.69) is 20.8 Å². The molecular weight excluding hydrogens is 418 g/mol. The number of nitrogens with zero attached hydrogens (tertiary/aromatic N) is 3. The van der Waals surface area contributed by atoms with Crippen LogP contribution >= 0.6 is 22.9 Å². The summed E-state index contributed by atoms with van der Waals surface area (Å²) in [5.74, 6) is -0.889. The van der Waals surface area contributed by atoms with Gasteiger partial charge in [0.2, 0.25) is 5.01 Å². The summed E-state index contributed by atoms with van der Waals surface area (Å²) in [6, 6.07) is 6.13. The molecule has 154 valence electrons. The first-order valence-electron chi connectivity index (χ1n) is 9.08. The van der Waals surface area contributed by atoms with Crippen LogP contribution in [-0.2, 0) is 9.53 Å². The van der Waals surface area contributed by atoms with Crippen molar-refractivity contribution >= 4 is 46.5 Å². The number of aromatic nitrogens is 2. The first kappa shape index (κ1) is 21.0. The Hall–Kier alpha value is -2.72. The van der Waals surface area contributed by atoms with Gasteiger partial charge in [-0.1, -0.05) is 29.0 Å². The van der Waals surface area contributed by atoms with E-state index in [1.807, 2.05) is 0 Å². The maximum Gasteiger partial charge on any atom is 0.325 e. The average Bonchev–Trinajstić information content (AvgIpc) is 3.35. The van der Waals surface area contributed by atoms with Crippen molar-refractivity contribution in [3.8, 4) is 0 Å². The Morgan fingerprint density at radius 2 is 2.17 bits per heavy atom. The maximum atomic E-state index is 12.4. The Morgan fingerprint density at radius 1 is 1.34 bits per heavy atom. The van der Waals surface area contributed by atoms with Crippen LogP contribution in [0.5, 0.6) is 0 Å². The normalized spacial score (nSPS) is 15.8. The van der Waals surface area contributed by atoms with Crippen molar-refractivity contribution in [1.82, 2.24) is 20.4 Å². The van der Waals surface area contributed by atoms with E-state index in [-0.39, 0.29) is 30.2 Å². The minimum Gasteiger partial charge on any atom is -0.465 e. The summed E-state index contributed by atoms with van der Waals surface area (Å²) in [5, 5.41) is 14.6. The number of anilines is 1. The van der Waals surface area contributed by atoms with Crippen molar-refractivity contribution < 1.29 is 19.1 Å². The zero-order valence-electron chi connectivity index (χ0n) is 15.7. The van der Waals surface area contributed by atoms with Crippen molar-refractivity contribution in [1.29, 1.82) is 0 Å². The van der Waals surface area contributed by atoms with Gasteiger partial charge in [-0.25, -0.2) is 4.79 Å². The highest BCUT2D eigenvalue weighted by atomic mass is 35.5. The number of ether oxygens (including phenoxy) is 1. The fraction of sp³-hybridized carbons (Fsp3) is 0.389. The molecule has 0 aliphatic carbocycles. The molecule has 1 aliphatic heterocycles. The zero-order chi connectivity index (χ0) is 20.8. The molecule has 1 fully saturated rings. The minimum atomic E-state index is -0.493. The quantitative estimate of drug-likeness (QED) is 0.672. The molecule has 2 N–H and O–H groups in total. The monoisotopic (exact) mass is 437 g/mol. The minimum absolute atomic E-state index is 0.193. The number of likely N-dealkylation sites (tertiary alicyclic amines) is 1. The summed E-state index contributed by atoms with van der Waals surface area (Å²) >= 11 is 7.06. The van der Waals surface area contributed by atoms with E-state index in [1.54, 1.807) is 36.1 Å². The fourth-order valence-electron chi connectivity index (χ4n) is 2.94. The van der Waals surface area contributed by atoms with Crippen molar-refractivity contribution in [2.75, 3.05) is 25.0 Å². The van der Waals surface area contributed by atoms with Gasteiger partial charge in [0.25, 0.3) is 5.91 Å². The van der Waals surface area contributed by atoms with Crippen molar-refractivity contribution in [3.05, 3.63) is 39.3 Å². The van der Waals surface area contributed by atoms with Crippen molar-refractivity contribution in [2.24, 2.45) is 0 Å². The Labute approximate surface area is 176 Å². The number of hydrogen-bond acceptors (Lipinski definition) is 7. The predicted molar refractivity (Wildman–Crippen MR) is 108 cm³/mol. The van der Waals surface area contributed by atoms with Gasteiger partial charge in [0, 0.05) is 17.3 Å². The number of esters is 1. The van der Waals surface area contributed by atoms with Crippen LogP contribution in [0.2, 0.25) is 5.02 Å². The largest absolute Gasteiger partial charge is 0.465 e. The second-order valence-electron chi connectivity index (χ2n) is 6.23. The molecule has 3 amide bonds. The van der Waals surface area contributed by atoms with E-state index in [1.165, 1.54) is 0 Å². The van der Waals surface area contributed by atoms with Crippen LogP contribution in [0.15, 0.2) is 24.3 Å². The van der Waals surface area contributed by atoms with Gasteiger partial charge in [-0.2, -0.15) is 0 Å². The third kappa shape index (κ3) is 5.42. The molecule has 1 aliphatic rings. The van der Waals surface area contributed by atoms with Gasteiger partial charge in [-0.15, -0.1) is 10.2 Å². The molecule has 9 nitrogen and oxygen atoms in total. The average molecular weight is 438 g/mol. The van der Waals surface area contributed by atoms with Crippen LogP contribution in [0.3, 0.4) is 0 Å². The van der Waals surface area contributed by atoms with E-state index in [9.17, 15) is 14.4 Å². The van der Waals surface area contributed by atoms with Gasteiger partial charge < -0.3 is 20.3 Å². The second kappa shape index (κ2) is 9.66. The number of amides is 3. The third-order valence-electron chi connectivity index (χ3n) is 4.21. The molecule has 1 saturated heterocycles. The van der Waals surface area contributed by atoms with Crippen LogP contribution < -0.4 is 10.6 Å². The topological polar surface area (TPSA) is 114 Å². The molecule has 2 aromatic rings. The number of urea groups is 1. The van der Waals surface area contributed by atoms with Crippen molar-refractivity contribution in [3.63, 3.8) is 0 Å². The SMILES string of the molecule is CCOC(=O)CNC(=O)N1CCC[C@H]1c1nnc(C(=O)Nc2cccc(Cl)c2)s1. The van der Waals surface area contributed by atoms with Gasteiger partial charge in [-0.3, -0.25) is 9.59 Å². The van der Waals surface area contributed by atoms with Gasteiger partial charge in [0.1, 0.15) is 11.6 Å². The molecule has 0 spiro atoms. The van der Waals surface area contributed by atoms with E-state index < -0.39 is 11.9 Å². The molecule has 0 radical (unpaired) electrons. The lowest BCUT2D eigenvalue weighted by Crippen LogP contribution is -2.42. The first-order chi connectivity index (χ1) is 14.0. The van der Waals surface area contributed by atoms with Gasteiger partial charge in [0.05, 0.1) is 12.6 Å². The molecule has 1 aromatic carbocycles. The van der Waals surface area contributed by atoms with E-state index >= 15 is 0 Å². The number of benzene rings is 1. The summed E-state index contributed by atoms with van der Waals surface area (Å²) < 4.78 is 4.81. The molecule has 11 heteroatoms. The maximum absolute atomic E-state index is 12.4. The van der Waals surface area contributed by atoms with E-state index in [0.717, 1.165) is 17.8 Å². The number of carbonyl (C=O) groups excluding carboxylic acids is 3. The highest BCUT2D eigenvalue weighted by molar-refractivity contribution is 7.13. The van der Waals surface area contributed by atoms with Crippen LogP contribution in [-0.4, -0.2) is 52.7 Å². The summed E-state index contributed by atoms with van der Waals surface area (Å²) in [6.45, 7) is 2.29. The molecule has 1 atom stereocenters. The molecular formula is C18H20ClN5O4S. The molecule has 1 aromatic heterocycles. The highest BCUT2D eigenvalue weighted by Crippen LogP contribution is 2.33. The number of hydrogen-bond donors (Lipinski definition) is 2. The zero-order valence-corrected chi connectivity index (χ0v) is 17.3. The van der Waals surface area contributed by atoms with E-state index in [4.69, 9.17) is 16.3 Å². The Kier molecular flexibility index (Phi) is 6.99. The first-order valence-corrected chi connectivity index (χ1v) is 10.3. The number of rotatable bonds is 6. The Morgan fingerprint density at radius 3 is 2.93 bits per heavy atom. The summed E-state index contributed by atoms with van der Waals surface area (Å²) in [5.41, 5.74) is 0.556. The summed E-state index contributed by atoms with van der Waals surface area (Å²) in [4.78, 5) is 37.9. The summed E-state index contributed by atoms with van der Waals surface area (Å²) in [7, 11) is 0. The van der Waals surface area contributed by atoms with Crippen LogP contribution in [0.25, 0.3) is 0 Å². The molecule has 0 saturated carbocycles.